The second-order valence-electron chi connectivity index (χ2n) is 16.6. The maximum atomic E-state index is 6.10. The molecule has 296 valence electrons. The van der Waals surface area contributed by atoms with Crippen LogP contribution in [-0.2, 0) is 5.41 Å². The third-order valence-electron chi connectivity index (χ3n) is 11.1. The Kier molecular flexibility index (Phi) is 27.5. The number of rotatable bonds is 36. The van der Waals surface area contributed by atoms with Crippen LogP contribution < -0.4 is 9.47 Å². The Labute approximate surface area is 324 Å². The zero-order valence-corrected chi connectivity index (χ0v) is 35.1. The molecule has 0 aromatic heterocycles. The summed E-state index contributed by atoms with van der Waals surface area (Å²) in [6, 6.07) is 17.3. The van der Waals surface area contributed by atoms with Crippen molar-refractivity contribution >= 4 is 5.57 Å². The van der Waals surface area contributed by atoms with Crippen LogP contribution in [0.3, 0.4) is 0 Å². The summed E-state index contributed by atoms with van der Waals surface area (Å²) in [5, 5.41) is 0. The Morgan fingerprint density at radius 3 is 1.04 bits per heavy atom. The van der Waals surface area contributed by atoms with Crippen molar-refractivity contribution in [2.24, 2.45) is 0 Å². The summed E-state index contributed by atoms with van der Waals surface area (Å²) in [6.07, 6.45) is 39.6. The summed E-state index contributed by atoms with van der Waals surface area (Å²) >= 11 is 0. The molecule has 52 heavy (non-hydrogen) atoms. The highest BCUT2D eigenvalue weighted by atomic mass is 16.5. The molecule has 2 heteroatoms. The van der Waals surface area contributed by atoms with Crippen LogP contribution in [0.5, 0.6) is 11.5 Å². The highest BCUT2D eigenvalue weighted by molar-refractivity contribution is 5.65. The molecule has 0 bridgehead atoms. The zero-order chi connectivity index (χ0) is 37.4. The van der Waals surface area contributed by atoms with Crippen molar-refractivity contribution in [2.45, 2.75) is 219 Å². The van der Waals surface area contributed by atoms with Crippen molar-refractivity contribution in [1.82, 2.24) is 0 Å². The lowest BCUT2D eigenvalue weighted by Gasteiger charge is -2.27. The molecular weight excluding hydrogens is 633 g/mol. The molecule has 0 atom stereocenters. The van der Waals surface area contributed by atoms with Gasteiger partial charge in [-0.25, -0.2) is 0 Å². The lowest BCUT2D eigenvalue weighted by Crippen LogP contribution is -2.17. The molecule has 0 amide bonds. The first-order valence-electron chi connectivity index (χ1n) is 22.6. The van der Waals surface area contributed by atoms with Crippen LogP contribution in [-0.4, -0.2) is 13.2 Å². The quantitative estimate of drug-likeness (QED) is 0.0654. The second kappa shape index (κ2) is 31.2. The molecule has 2 aromatic rings. The second-order valence-corrected chi connectivity index (χ2v) is 16.6. The molecule has 0 saturated carbocycles. The zero-order valence-electron chi connectivity index (χ0n) is 35.1. The van der Waals surface area contributed by atoms with Gasteiger partial charge in [-0.3, -0.25) is 0 Å². The lowest BCUT2D eigenvalue weighted by molar-refractivity contribution is 0.304. The summed E-state index contributed by atoms with van der Waals surface area (Å²) in [5.41, 5.74) is 3.69. The molecule has 2 rings (SSSR count). The Morgan fingerprint density at radius 1 is 0.423 bits per heavy atom. The molecule has 0 aliphatic rings. The number of hydrogen-bond acceptors (Lipinski definition) is 2. The molecule has 0 aliphatic heterocycles. The van der Waals surface area contributed by atoms with Crippen molar-refractivity contribution in [3.63, 3.8) is 0 Å². The van der Waals surface area contributed by atoms with Gasteiger partial charge in [-0.15, -0.1) is 0 Å². The van der Waals surface area contributed by atoms with E-state index in [9.17, 15) is 0 Å². The van der Waals surface area contributed by atoms with Crippen LogP contribution in [0.1, 0.15) is 225 Å². The van der Waals surface area contributed by atoms with Crippen molar-refractivity contribution in [3.8, 4) is 11.5 Å². The van der Waals surface area contributed by atoms with E-state index in [1.807, 2.05) is 0 Å². The monoisotopic (exact) mass is 717 g/mol. The lowest BCUT2D eigenvalue weighted by atomic mass is 9.78. The Morgan fingerprint density at radius 2 is 0.712 bits per heavy atom. The fourth-order valence-corrected chi connectivity index (χ4v) is 7.50. The topological polar surface area (TPSA) is 18.5 Å². The van der Waals surface area contributed by atoms with Crippen LogP contribution in [0.15, 0.2) is 55.1 Å². The van der Waals surface area contributed by atoms with E-state index < -0.39 is 0 Å². The van der Waals surface area contributed by atoms with Gasteiger partial charge in [0, 0.05) is 0 Å². The van der Waals surface area contributed by atoms with E-state index in [2.05, 4.69) is 82.8 Å². The highest BCUT2D eigenvalue weighted by Crippen LogP contribution is 2.35. The molecule has 0 spiro atoms. The van der Waals surface area contributed by atoms with Crippen molar-refractivity contribution < 1.29 is 9.47 Å². The summed E-state index contributed by atoms with van der Waals surface area (Å²) < 4.78 is 12.2. The molecule has 0 saturated heterocycles. The molecular formula is C50H84O2. The van der Waals surface area contributed by atoms with E-state index in [4.69, 9.17) is 9.47 Å². The van der Waals surface area contributed by atoms with Gasteiger partial charge in [0.1, 0.15) is 11.5 Å². The Balaban J connectivity index is 1.50. The Bertz CT molecular complexity index is 1080. The maximum Gasteiger partial charge on any atom is 0.119 e. The van der Waals surface area contributed by atoms with Gasteiger partial charge in [-0.1, -0.05) is 225 Å². The van der Waals surface area contributed by atoms with Crippen LogP contribution in [0.25, 0.3) is 5.57 Å². The van der Waals surface area contributed by atoms with E-state index in [-0.39, 0.29) is 5.41 Å². The molecule has 2 aromatic carbocycles. The van der Waals surface area contributed by atoms with E-state index >= 15 is 0 Å². The summed E-state index contributed by atoms with van der Waals surface area (Å²) in [6.45, 7) is 15.3. The van der Waals surface area contributed by atoms with Gasteiger partial charge in [-0.2, -0.15) is 0 Å². The van der Waals surface area contributed by atoms with Crippen molar-refractivity contribution in [2.75, 3.05) is 13.2 Å². The first-order chi connectivity index (χ1) is 25.5. The minimum absolute atomic E-state index is 0.00664. The minimum atomic E-state index is -0.00664. The predicted octanol–water partition coefficient (Wildman–Crippen LogP) is 16.8. The van der Waals surface area contributed by atoms with Crippen LogP contribution in [0.2, 0.25) is 0 Å². The normalized spacial score (nSPS) is 11.6. The molecule has 2 nitrogen and oxygen atoms in total. The first kappa shape index (κ1) is 45.9. The van der Waals surface area contributed by atoms with Gasteiger partial charge in [-0.05, 0) is 65.6 Å². The fourth-order valence-electron chi connectivity index (χ4n) is 7.50. The maximum absolute atomic E-state index is 6.10. The SMILES string of the molecule is C=C(CC(C)(C)c1ccc(OCCCCCCCCCCCCCCCC)cc1)c1ccc(OCCCCCCCCCCCCCCCC)cc1. The molecule has 0 aliphatic carbocycles. The highest BCUT2D eigenvalue weighted by Gasteiger charge is 2.22. The van der Waals surface area contributed by atoms with E-state index in [1.165, 1.54) is 184 Å². The number of benzene rings is 2. The minimum Gasteiger partial charge on any atom is -0.494 e. The third-order valence-corrected chi connectivity index (χ3v) is 11.1. The van der Waals surface area contributed by atoms with Gasteiger partial charge in [0.25, 0.3) is 0 Å². The van der Waals surface area contributed by atoms with Gasteiger partial charge >= 0.3 is 0 Å². The molecule has 0 fully saturated rings. The summed E-state index contributed by atoms with van der Waals surface area (Å²) in [7, 11) is 0. The number of ether oxygens (including phenoxy) is 2. The number of hydrogen-bond donors (Lipinski definition) is 0. The third kappa shape index (κ3) is 23.4. The molecule has 0 radical (unpaired) electrons. The summed E-state index contributed by atoms with van der Waals surface area (Å²) in [4.78, 5) is 0. The average molecular weight is 717 g/mol. The van der Waals surface area contributed by atoms with Gasteiger partial charge < -0.3 is 9.47 Å². The number of allylic oxidation sites excluding steroid dienone is 1. The van der Waals surface area contributed by atoms with Crippen molar-refractivity contribution in [1.29, 1.82) is 0 Å². The molecule has 0 unspecified atom stereocenters. The molecule has 0 heterocycles. The first-order valence-corrected chi connectivity index (χ1v) is 22.6. The largest absolute Gasteiger partial charge is 0.494 e. The summed E-state index contributed by atoms with van der Waals surface area (Å²) in [5.74, 6) is 1.95. The average Bonchev–Trinajstić information content (AvgIpc) is 3.15. The number of unbranched alkanes of at least 4 members (excludes halogenated alkanes) is 26. The van der Waals surface area contributed by atoms with Crippen molar-refractivity contribution in [3.05, 3.63) is 66.2 Å². The van der Waals surface area contributed by atoms with Crippen LogP contribution in [0, 0.1) is 0 Å². The van der Waals surface area contributed by atoms with Gasteiger partial charge in [0.05, 0.1) is 13.2 Å². The van der Waals surface area contributed by atoms with Gasteiger partial charge in [0.2, 0.25) is 0 Å². The van der Waals surface area contributed by atoms with Crippen LogP contribution >= 0.6 is 0 Å². The van der Waals surface area contributed by atoms with E-state index in [0.29, 0.717) is 0 Å². The van der Waals surface area contributed by atoms with E-state index in [0.717, 1.165) is 44.0 Å². The smallest absolute Gasteiger partial charge is 0.119 e. The molecule has 0 N–H and O–H groups in total. The fraction of sp³-hybridized carbons (Fsp3) is 0.720. The predicted molar refractivity (Wildman–Crippen MR) is 231 cm³/mol. The Hall–Kier alpha value is -2.22. The van der Waals surface area contributed by atoms with Gasteiger partial charge in [0.15, 0.2) is 0 Å². The van der Waals surface area contributed by atoms with Crippen LogP contribution in [0.4, 0.5) is 0 Å². The standard InChI is InChI=1S/C50H84O2/c1-6-8-10-12-14-16-18-20-22-24-26-28-30-32-42-51-48-38-34-46(35-39-48)45(3)44-50(4,5)47-36-40-49(41-37-47)52-43-33-31-29-27-25-23-21-19-17-15-13-11-9-7-2/h34-41H,3,6-33,42-44H2,1-2,4-5H3. The van der Waals surface area contributed by atoms with E-state index in [1.54, 1.807) is 0 Å².